The van der Waals surface area contributed by atoms with Crippen molar-refractivity contribution in [1.29, 1.82) is 5.26 Å². The van der Waals surface area contributed by atoms with Crippen LogP contribution < -0.4 is 5.32 Å². The standard InChI is InChI=1S/C21H25BrN4O/c22-20-18-10-17(11-23)27-19(18)12-24-21(20)25-13-4-6-16(7-5-13)26-14-2-1-3-15(26)9-8-14/h10,12-16H,1-9H2,(H,24,25). The first kappa shape index (κ1) is 17.5. The van der Waals surface area contributed by atoms with Gasteiger partial charge in [-0.25, -0.2) is 4.98 Å². The summed E-state index contributed by atoms with van der Waals surface area (Å²) in [7, 11) is 0. The number of piperidine rings is 1. The number of nitrogens with zero attached hydrogens (tertiary/aromatic N) is 3. The van der Waals surface area contributed by atoms with Gasteiger partial charge in [-0.3, -0.25) is 4.90 Å². The minimum atomic E-state index is 0.321. The third-order valence-electron chi connectivity index (χ3n) is 6.84. The average molecular weight is 429 g/mol. The zero-order valence-electron chi connectivity index (χ0n) is 15.5. The number of furan rings is 1. The SMILES string of the molecule is N#Cc1cc2c(Br)c(NC3CCC(N4C5CCCC4CC5)CC3)ncc2o1. The molecular formula is C21H25BrN4O. The summed E-state index contributed by atoms with van der Waals surface area (Å²) in [4.78, 5) is 7.42. The Kier molecular flexibility index (Phi) is 4.61. The summed E-state index contributed by atoms with van der Waals surface area (Å²) in [6, 6.07) is 6.81. The highest BCUT2D eigenvalue weighted by molar-refractivity contribution is 9.10. The van der Waals surface area contributed by atoms with Crippen molar-refractivity contribution in [3.63, 3.8) is 0 Å². The average Bonchev–Trinajstić information content (AvgIpc) is 3.23. The van der Waals surface area contributed by atoms with E-state index in [0.717, 1.165) is 33.8 Å². The third kappa shape index (κ3) is 3.15. The number of halogens is 1. The lowest BCUT2D eigenvalue weighted by molar-refractivity contribution is 0.0636. The second kappa shape index (κ2) is 7.10. The summed E-state index contributed by atoms with van der Waals surface area (Å²) < 4.78 is 6.35. The highest BCUT2D eigenvalue weighted by atomic mass is 79.9. The van der Waals surface area contributed by atoms with Gasteiger partial charge in [0.2, 0.25) is 5.76 Å². The van der Waals surface area contributed by atoms with Crippen molar-refractivity contribution >= 4 is 32.7 Å². The van der Waals surface area contributed by atoms with Crippen molar-refractivity contribution in [2.24, 2.45) is 0 Å². The molecule has 27 heavy (non-hydrogen) atoms. The molecule has 4 heterocycles. The van der Waals surface area contributed by atoms with Gasteiger partial charge in [0, 0.05) is 35.6 Å². The molecule has 142 valence electrons. The van der Waals surface area contributed by atoms with Crippen LogP contribution >= 0.6 is 15.9 Å². The molecule has 0 aromatic carbocycles. The lowest BCUT2D eigenvalue weighted by Gasteiger charge is -2.44. The Morgan fingerprint density at radius 3 is 2.44 bits per heavy atom. The highest BCUT2D eigenvalue weighted by Gasteiger charge is 2.41. The van der Waals surface area contributed by atoms with Gasteiger partial charge in [-0.1, -0.05) is 6.42 Å². The number of hydrogen-bond donors (Lipinski definition) is 1. The van der Waals surface area contributed by atoms with Crippen LogP contribution in [0.5, 0.6) is 0 Å². The molecule has 2 aromatic heterocycles. The first-order valence-corrected chi connectivity index (χ1v) is 11.0. The van der Waals surface area contributed by atoms with Crippen LogP contribution in [0.1, 0.15) is 63.5 Å². The second-order valence-electron chi connectivity index (χ2n) is 8.33. The molecule has 0 spiro atoms. The number of nitrogens with one attached hydrogen (secondary N) is 1. The number of hydrogen-bond acceptors (Lipinski definition) is 5. The van der Waals surface area contributed by atoms with E-state index in [9.17, 15) is 0 Å². The molecule has 1 N–H and O–H groups in total. The van der Waals surface area contributed by atoms with Crippen molar-refractivity contribution in [3.05, 3.63) is 22.5 Å². The molecule has 2 atom stereocenters. The fraction of sp³-hybridized carbons (Fsp3) is 0.619. The maximum Gasteiger partial charge on any atom is 0.204 e. The smallest absolute Gasteiger partial charge is 0.204 e. The fourth-order valence-corrected chi connectivity index (χ4v) is 6.13. The van der Waals surface area contributed by atoms with Crippen LogP contribution in [-0.2, 0) is 0 Å². The quantitative estimate of drug-likeness (QED) is 0.727. The van der Waals surface area contributed by atoms with Crippen LogP contribution in [0.25, 0.3) is 11.0 Å². The maximum absolute atomic E-state index is 9.03. The summed E-state index contributed by atoms with van der Waals surface area (Å²) in [5.74, 6) is 1.18. The van der Waals surface area contributed by atoms with Crippen molar-refractivity contribution in [1.82, 2.24) is 9.88 Å². The van der Waals surface area contributed by atoms with Crippen molar-refractivity contribution in [2.75, 3.05) is 5.32 Å². The Labute approximate surface area is 168 Å². The van der Waals surface area contributed by atoms with Gasteiger partial charge < -0.3 is 9.73 Å². The number of fused-ring (bicyclic) bond motifs is 3. The van der Waals surface area contributed by atoms with Crippen molar-refractivity contribution in [2.45, 2.75) is 82.0 Å². The summed E-state index contributed by atoms with van der Waals surface area (Å²) in [5.41, 5.74) is 0.647. The summed E-state index contributed by atoms with van der Waals surface area (Å²) in [6.07, 6.45) is 13.8. The highest BCUT2D eigenvalue weighted by Crippen LogP contribution is 2.41. The van der Waals surface area contributed by atoms with Crippen LogP contribution in [0.15, 0.2) is 21.2 Å². The molecule has 5 nitrogen and oxygen atoms in total. The molecule has 2 aromatic rings. The minimum Gasteiger partial charge on any atom is -0.444 e. The van der Waals surface area contributed by atoms with E-state index in [1.54, 1.807) is 12.3 Å². The number of pyridine rings is 1. The van der Waals surface area contributed by atoms with Gasteiger partial charge in [-0.15, -0.1) is 0 Å². The summed E-state index contributed by atoms with van der Waals surface area (Å²) in [5, 5.41) is 13.6. The molecule has 6 heteroatoms. The number of nitriles is 1. The van der Waals surface area contributed by atoms with Gasteiger partial charge in [0.1, 0.15) is 11.9 Å². The van der Waals surface area contributed by atoms with Crippen molar-refractivity contribution < 1.29 is 4.42 Å². The van der Waals surface area contributed by atoms with E-state index in [0.29, 0.717) is 17.4 Å². The lowest BCUT2D eigenvalue weighted by Crippen LogP contribution is -2.48. The second-order valence-corrected chi connectivity index (χ2v) is 9.13. The van der Waals surface area contributed by atoms with E-state index in [1.807, 2.05) is 0 Å². The van der Waals surface area contributed by atoms with E-state index < -0.39 is 0 Å². The van der Waals surface area contributed by atoms with Crippen molar-refractivity contribution in [3.8, 4) is 6.07 Å². The molecule has 2 aliphatic heterocycles. The van der Waals surface area contributed by atoms with E-state index in [1.165, 1.54) is 57.8 Å². The Morgan fingerprint density at radius 1 is 1.07 bits per heavy atom. The Balaban J connectivity index is 1.25. The molecule has 3 fully saturated rings. The van der Waals surface area contributed by atoms with Gasteiger partial charge in [-0.2, -0.15) is 5.26 Å². The number of anilines is 1. The molecule has 2 bridgehead atoms. The fourth-order valence-electron chi connectivity index (χ4n) is 5.60. The normalized spacial score (nSPS) is 31.1. The number of rotatable bonds is 3. The Morgan fingerprint density at radius 2 is 1.74 bits per heavy atom. The van der Waals surface area contributed by atoms with E-state index in [2.05, 4.69) is 37.2 Å². The Bertz CT molecular complexity index is 864. The number of aromatic nitrogens is 1. The Hall–Kier alpha value is -1.58. The molecule has 5 rings (SSSR count). The predicted molar refractivity (Wildman–Crippen MR) is 109 cm³/mol. The van der Waals surface area contributed by atoms with E-state index in [-0.39, 0.29) is 0 Å². The zero-order chi connectivity index (χ0) is 18.4. The van der Waals surface area contributed by atoms with Crippen LogP contribution in [0.2, 0.25) is 0 Å². The molecule has 2 saturated heterocycles. The molecule has 0 radical (unpaired) electrons. The summed E-state index contributed by atoms with van der Waals surface area (Å²) in [6.45, 7) is 0. The molecule has 3 aliphatic rings. The van der Waals surface area contributed by atoms with Gasteiger partial charge >= 0.3 is 0 Å². The van der Waals surface area contributed by atoms with E-state index in [4.69, 9.17) is 9.68 Å². The lowest BCUT2D eigenvalue weighted by atomic mass is 9.87. The van der Waals surface area contributed by atoms with E-state index >= 15 is 0 Å². The first-order valence-electron chi connectivity index (χ1n) is 10.2. The monoisotopic (exact) mass is 428 g/mol. The van der Waals surface area contributed by atoms with Crippen LogP contribution in [-0.4, -0.2) is 34.1 Å². The minimum absolute atomic E-state index is 0.321. The third-order valence-corrected chi connectivity index (χ3v) is 7.64. The predicted octanol–water partition coefficient (Wildman–Crippen LogP) is 5.20. The van der Waals surface area contributed by atoms with Gasteiger partial charge in [0.15, 0.2) is 5.58 Å². The largest absolute Gasteiger partial charge is 0.444 e. The molecular weight excluding hydrogens is 404 g/mol. The molecule has 2 unspecified atom stereocenters. The van der Waals surface area contributed by atoms with Crippen LogP contribution in [0, 0.1) is 11.3 Å². The molecule has 1 aliphatic carbocycles. The summed E-state index contributed by atoms with van der Waals surface area (Å²) >= 11 is 3.65. The molecule has 0 amide bonds. The topological polar surface area (TPSA) is 65.1 Å². The zero-order valence-corrected chi connectivity index (χ0v) is 17.0. The van der Waals surface area contributed by atoms with Gasteiger partial charge in [0.05, 0.1) is 10.7 Å². The maximum atomic E-state index is 9.03. The van der Waals surface area contributed by atoms with Crippen LogP contribution in [0.3, 0.4) is 0 Å². The molecule has 1 saturated carbocycles. The van der Waals surface area contributed by atoms with Gasteiger partial charge in [0.25, 0.3) is 0 Å². The van der Waals surface area contributed by atoms with Crippen LogP contribution in [0.4, 0.5) is 5.82 Å². The first-order chi connectivity index (χ1) is 13.2. The van der Waals surface area contributed by atoms with Gasteiger partial charge in [-0.05, 0) is 67.3 Å².